The standard InChI is InChI=1S/C10H19NO2/c1-7(2)11-9-5-3-8(4-6-9)10(12)13/h7-9,11H,3-6H2,1-2H3,(H,12,13). The molecule has 0 spiro atoms. The Balaban J connectivity index is 2.26. The number of rotatable bonds is 3. The van der Waals surface area contributed by atoms with Crippen LogP contribution in [0.4, 0.5) is 0 Å². The number of hydrogen-bond donors (Lipinski definition) is 2. The summed E-state index contributed by atoms with van der Waals surface area (Å²) in [6, 6.07) is 1.04. The molecule has 1 aliphatic rings. The zero-order valence-corrected chi connectivity index (χ0v) is 8.42. The number of nitrogens with one attached hydrogen (secondary N) is 1. The van der Waals surface area contributed by atoms with Crippen molar-refractivity contribution in [1.82, 2.24) is 5.32 Å². The molecule has 3 nitrogen and oxygen atoms in total. The van der Waals surface area contributed by atoms with Crippen LogP contribution in [-0.2, 0) is 4.79 Å². The van der Waals surface area contributed by atoms with Gasteiger partial charge in [0.25, 0.3) is 0 Å². The molecule has 3 heteroatoms. The number of aliphatic carboxylic acids is 1. The molecule has 0 saturated heterocycles. The Kier molecular flexibility index (Phi) is 3.72. The van der Waals surface area contributed by atoms with E-state index in [4.69, 9.17) is 5.11 Å². The fraction of sp³-hybridized carbons (Fsp3) is 0.900. The Morgan fingerprint density at radius 3 is 2.23 bits per heavy atom. The zero-order valence-electron chi connectivity index (χ0n) is 8.42. The van der Waals surface area contributed by atoms with Gasteiger partial charge < -0.3 is 10.4 Å². The van der Waals surface area contributed by atoms with E-state index < -0.39 is 5.97 Å². The van der Waals surface area contributed by atoms with Gasteiger partial charge in [0.05, 0.1) is 5.92 Å². The van der Waals surface area contributed by atoms with Crippen LogP contribution in [0.1, 0.15) is 39.5 Å². The van der Waals surface area contributed by atoms with Gasteiger partial charge in [0.15, 0.2) is 0 Å². The van der Waals surface area contributed by atoms with Crippen molar-refractivity contribution in [3.8, 4) is 0 Å². The monoisotopic (exact) mass is 185 g/mol. The Labute approximate surface area is 79.5 Å². The molecule has 0 radical (unpaired) electrons. The third-order valence-corrected chi connectivity index (χ3v) is 2.65. The lowest BCUT2D eigenvalue weighted by Gasteiger charge is -2.28. The van der Waals surface area contributed by atoms with E-state index in [1.54, 1.807) is 0 Å². The van der Waals surface area contributed by atoms with Gasteiger partial charge in [-0.15, -0.1) is 0 Å². The first-order valence-corrected chi connectivity index (χ1v) is 5.08. The summed E-state index contributed by atoms with van der Waals surface area (Å²) >= 11 is 0. The summed E-state index contributed by atoms with van der Waals surface area (Å²) in [5.41, 5.74) is 0. The molecule has 76 valence electrons. The average Bonchev–Trinajstić information content (AvgIpc) is 2.04. The summed E-state index contributed by atoms with van der Waals surface area (Å²) in [5, 5.41) is 12.2. The van der Waals surface area contributed by atoms with Crippen molar-refractivity contribution in [2.75, 3.05) is 0 Å². The summed E-state index contributed by atoms with van der Waals surface area (Å²) in [5.74, 6) is -0.715. The molecule has 0 amide bonds. The number of hydrogen-bond acceptors (Lipinski definition) is 2. The van der Waals surface area contributed by atoms with Crippen molar-refractivity contribution in [2.24, 2.45) is 5.92 Å². The van der Waals surface area contributed by atoms with Crippen LogP contribution in [0, 0.1) is 5.92 Å². The van der Waals surface area contributed by atoms with Gasteiger partial charge in [0.2, 0.25) is 0 Å². The molecule has 0 aromatic carbocycles. The Morgan fingerprint density at radius 1 is 1.31 bits per heavy atom. The third kappa shape index (κ3) is 3.35. The second-order valence-corrected chi connectivity index (χ2v) is 4.21. The molecular formula is C10H19NO2. The molecule has 0 aliphatic heterocycles. The van der Waals surface area contributed by atoms with Crippen LogP contribution in [0.25, 0.3) is 0 Å². The normalized spacial score (nSPS) is 29.2. The molecule has 0 heterocycles. The maximum Gasteiger partial charge on any atom is 0.306 e. The van der Waals surface area contributed by atoms with Crippen molar-refractivity contribution >= 4 is 5.97 Å². The van der Waals surface area contributed by atoms with Crippen molar-refractivity contribution in [1.29, 1.82) is 0 Å². The second kappa shape index (κ2) is 4.61. The number of carbonyl (C=O) groups is 1. The smallest absolute Gasteiger partial charge is 0.306 e. The lowest BCUT2D eigenvalue weighted by molar-refractivity contribution is -0.142. The molecular weight excluding hydrogens is 166 g/mol. The van der Waals surface area contributed by atoms with Crippen LogP contribution in [-0.4, -0.2) is 23.2 Å². The van der Waals surface area contributed by atoms with Gasteiger partial charge in [-0.3, -0.25) is 4.79 Å². The van der Waals surface area contributed by atoms with Gasteiger partial charge in [-0.25, -0.2) is 0 Å². The van der Waals surface area contributed by atoms with Crippen molar-refractivity contribution in [2.45, 2.75) is 51.6 Å². The van der Waals surface area contributed by atoms with E-state index in [0.717, 1.165) is 25.7 Å². The molecule has 13 heavy (non-hydrogen) atoms. The molecule has 1 saturated carbocycles. The molecule has 1 fully saturated rings. The lowest BCUT2D eigenvalue weighted by Crippen LogP contribution is -2.38. The van der Waals surface area contributed by atoms with Gasteiger partial charge in [0.1, 0.15) is 0 Å². The first-order chi connectivity index (χ1) is 6.09. The van der Waals surface area contributed by atoms with E-state index in [1.165, 1.54) is 0 Å². The highest BCUT2D eigenvalue weighted by molar-refractivity contribution is 5.70. The largest absolute Gasteiger partial charge is 0.481 e. The highest BCUT2D eigenvalue weighted by Crippen LogP contribution is 2.24. The topological polar surface area (TPSA) is 49.3 Å². The highest BCUT2D eigenvalue weighted by atomic mass is 16.4. The van der Waals surface area contributed by atoms with Gasteiger partial charge >= 0.3 is 5.97 Å². The summed E-state index contributed by atoms with van der Waals surface area (Å²) in [6.07, 6.45) is 3.68. The van der Waals surface area contributed by atoms with Crippen LogP contribution in [0.2, 0.25) is 0 Å². The Morgan fingerprint density at radius 2 is 1.85 bits per heavy atom. The minimum absolute atomic E-state index is 0.0924. The van der Waals surface area contributed by atoms with E-state index in [-0.39, 0.29) is 5.92 Å². The lowest BCUT2D eigenvalue weighted by atomic mass is 9.86. The minimum atomic E-state index is -0.622. The van der Waals surface area contributed by atoms with Crippen LogP contribution in [0.3, 0.4) is 0 Å². The first kappa shape index (κ1) is 10.5. The van der Waals surface area contributed by atoms with Gasteiger partial charge in [-0.2, -0.15) is 0 Å². The molecule has 1 rings (SSSR count). The Bertz CT molecular complexity index is 172. The summed E-state index contributed by atoms with van der Waals surface area (Å²) < 4.78 is 0. The van der Waals surface area contributed by atoms with Crippen LogP contribution in [0.5, 0.6) is 0 Å². The maximum atomic E-state index is 10.7. The van der Waals surface area contributed by atoms with Crippen molar-refractivity contribution in [3.63, 3.8) is 0 Å². The van der Waals surface area contributed by atoms with Crippen LogP contribution in [0.15, 0.2) is 0 Å². The summed E-state index contributed by atoms with van der Waals surface area (Å²) in [4.78, 5) is 10.7. The van der Waals surface area contributed by atoms with Crippen LogP contribution < -0.4 is 5.32 Å². The fourth-order valence-corrected chi connectivity index (χ4v) is 1.98. The number of carboxylic acids is 1. The summed E-state index contributed by atoms with van der Waals surface area (Å²) in [6.45, 7) is 4.26. The fourth-order valence-electron chi connectivity index (χ4n) is 1.98. The van der Waals surface area contributed by atoms with E-state index >= 15 is 0 Å². The first-order valence-electron chi connectivity index (χ1n) is 5.08. The molecule has 0 bridgehead atoms. The molecule has 0 unspecified atom stereocenters. The van der Waals surface area contributed by atoms with Crippen molar-refractivity contribution < 1.29 is 9.90 Å². The quantitative estimate of drug-likeness (QED) is 0.702. The van der Waals surface area contributed by atoms with Crippen molar-refractivity contribution in [3.05, 3.63) is 0 Å². The van der Waals surface area contributed by atoms with E-state index in [2.05, 4.69) is 19.2 Å². The predicted molar refractivity (Wildman–Crippen MR) is 51.7 cm³/mol. The Hall–Kier alpha value is -0.570. The molecule has 0 aromatic heterocycles. The average molecular weight is 185 g/mol. The summed E-state index contributed by atoms with van der Waals surface area (Å²) in [7, 11) is 0. The molecule has 0 aromatic rings. The second-order valence-electron chi connectivity index (χ2n) is 4.21. The van der Waals surface area contributed by atoms with E-state index in [0.29, 0.717) is 12.1 Å². The maximum absolute atomic E-state index is 10.7. The third-order valence-electron chi connectivity index (χ3n) is 2.65. The predicted octanol–water partition coefficient (Wildman–Crippen LogP) is 1.63. The molecule has 0 atom stereocenters. The minimum Gasteiger partial charge on any atom is -0.481 e. The van der Waals surface area contributed by atoms with Gasteiger partial charge in [-0.05, 0) is 25.7 Å². The van der Waals surface area contributed by atoms with Gasteiger partial charge in [0, 0.05) is 12.1 Å². The van der Waals surface area contributed by atoms with Crippen LogP contribution >= 0.6 is 0 Å². The highest BCUT2D eigenvalue weighted by Gasteiger charge is 2.25. The molecule has 1 aliphatic carbocycles. The van der Waals surface area contributed by atoms with E-state index in [9.17, 15) is 4.79 Å². The zero-order chi connectivity index (χ0) is 9.84. The SMILES string of the molecule is CC(C)NC1CCC(C(=O)O)CC1. The number of carboxylic acid groups (broad SMARTS) is 1. The van der Waals surface area contributed by atoms with Gasteiger partial charge in [-0.1, -0.05) is 13.8 Å². The van der Waals surface area contributed by atoms with E-state index in [1.807, 2.05) is 0 Å². The molecule has 2 N–H and O–H groups in total.